The molecule has 0 saturated carbocycles. The Morgan fingerprint density at radius 2 is 1.94 bits per heavy atom. The van der Waals surface area contributed by atoms with Crippen molar-refractivity contribution in [3.05, 3.63) is 24.3 Å². The lowest BCUT2D eigenvalue weighted by molar-refractivity contribution is -0.147. The van der Waals surface area contributed by atoms with Crippen molar-refractivity contribution in [2.24, 2.45) is 5.92 Å². The van der Waals surface area contributed by atoms with Crippen LogP contribution in [0, 0.1) is 5.92 Å². The predicted molar refractivity (Wildman–Crippen MR) is 131 cm³/mol. The summed E-state index contributed by atoms with van der Waals surface area (Å²) in [5, 5.41) is 8.37. The van der Waals surface area contributed by atoms with Crippen molar-refractivity contribution in [1.82, 2.24) is 15.5 Å². The van der Waals surface area contributed by atoms with Crippen molar-refractivity contribution in [2.45, 2.75) is 43.3 Å². The second kappa shape index (κ2) is 12.7. The number of thioether (sulfide) groups is 2. The molecule has 1 heterocycles. The van der Waals surface area contributed by atoms with Crippen LogP contribution in [-0.2, 0) is 19.1 Å². The van der Waals surface area contributed by atoms with E-state index in [4.69, 9.17) is 4.74 Å². The van der Waals surface area contributed by atoms with Crippen LogP contribution in [-0.4, -0.2) is 78.8 Å². The lowest BCUT2D eigenvalue weighted by Gasteiger charge is -2.26. The molecule has 11 heteroatoms. The topological polar surface area (TPSA) is 117 Å². The summed E-state index contributed by atoms with van der Waals surface area (Å²) in [6.45, 7) is 3.81. The number of amides is 4. The molecule has 0 aliphatic carbocycles. The number of ether oxygens (including phenoxy) is 1. The van der Waals surface area contributed by atoms with E-state index in [0.717, 1.165) is 4.90 Å². The first-order valence-corrected chi connectivity index (χ1v) is 13.2. The van der Waals surface area contributed by atoms with Gasteiger partial charge >= 0.3 is 12.0 Å². The smallest absolute Gasteiger partial charge is 0.328 e. The van der Waals surface area contributed by atoms with E-state index < -0.39 is 36.0 Å². The summed E-state index contributed by atoms with van der Waals surface area (Å²) in [4.78, 5) is 52.8. The number of methoxy groups -OCH3 is 1. The summed E-state index contributed by atoms with van der Waals surface area (Å²) in [7, 11) is 1.27. The van der Waals surface area contributed by atoms with E-state index in [9.17, 15) is 19.2 Å². The standard InChI is InChI=1S/C22H32N4O5S2/c1-13(2)19(21(29)31-3)25-20(28)17-10-15(11-26(17)18(27)12-32-4)24-22(30)23-14-7-6-8-16(9-14)33-5/h6-9,13,15,17,19H,10-12H2,1-5H3,(H,25,28)(H2,23,24,30)/t15-,17+,19+/m0/s1. The molecular weight excluding hydrogens is 464 g/mol. The number of nitrogens with zero attached hydrogens (tertiary/aromatic N) is 1. The van der Waals surface area contributed by atoms with E-state index in [-0.39, 0.29) is 30.5 Å². The van der Waals surface area contributed by atoms with Gasteiger partial charge < -0.3 is 25.6 Å². The van der Waals surface area contributed by atoms with Crippen molar-refractivity contribution < 1.29 is 23.9 Å². The summed E-state index contributed by atoms with van der Waals surface area (Å²) in [5.41, 5.74) is 0.653. The molecule has 1 aliphatic heterocycles. The van der Waals surface area contributed by atoms with Crippen molar-refractivity contribution in [1.29, 1.82) is 0 Å². The second-order valence-corrected chi connectivity index (χ2v) is 9.76. The van der Waals surface area contributed by atoms with Crippen molar-refractivity contribution in [3.8, 4) is 0 Å². The molecule has 1 saturated heterocycles. The zero-order chi connectivity index (χ0) is 24.5. The molecule has 1 aromatic carbocycles. The summed E-state index contributed by atoms with van der Waals surface area (Å²) in [6, 6.07) is 5.02. The lowest BCUT2D eigenvalue weighted by Crippen LogP contribution is -2.53. The van der Waals surface area contributed by atoms with Gasteiger partial charge in [0, 0.05) is 17.1 Å². The quantitative estimate of drug-likeness (QED) is 0.354. The van der Waals surface area contributed by atoms with Crippen LogP contribution in [0.15, 0.2) is 29.2 Å². The minimum atomic E-state index is -0.820. The Morgan fingerprint density at radius 3 is 2.55 bits per heavy atom. The molecule has 9 nitrogen and oxygen atoms in total. The van der Waals surface area contributed by atoms with E-state index in [1.165, 1.54) is 23.8 Å². The zero-order valence-electron chi connectivity index (χ0n) is 19.5. The normalized spacial score (nSPS) is 18.5. The van der Waals surface area contributed by atoms with Gasteiger partial charge in [0.05, 0.1) is 18.9 Å². The Bertz CT molecular complexity index is 867. The molecule has 182 valence electrons. The molecule has 2 rings (SSSR count). The molecule has 3 N–H and O–H groups in total. The fraction of sp³-hybridized carbons (Fsp3) is 0.545. The van der Waals surface area contributed by atoms with Gasteiger partial charge in [-0.15, -0.1) is 11.8 Å². The van der Waals surface area contributed by atoms with Crippen LogP contribution < -0.4 is 16.0 Å². The average Bonchev–Trinajstić information content (AvgIpc) is 3.20. The Balaban J connectivity index is 2.09. The van der Waals surface area contributed by atoms with Gasteiger partial charge in [0.15, 0.2) is 0 Å². The largest absolute Gasteiger partial charge is 0.467 e. The maximum absolute atomic E-state index is 13.0. The zero-order valence-corrected chi connectivity index (χ0v) is 21.2. The molecular formula is C22H32N4O5S2. The average molecular weight is 497 g/mol. The number of likely N-dealkylation sites (tertiary alicyclic amines) is 1. The Hall–Kier alpha value is -2.40. The molecule has 33 heavy (non-hydrogen) atoms. The summed E-state index contributed by atoms with van der Waals surface area (Å²) in [6.07, 6.45) is 4.00. The number of carbonyl (C=O) groups is 4. The number of hydrogen-bond donors (Lipinski definition) is 3. The first kappa shape index (κ1) is 26.8. The molecule has 4 amide bonds. The number of esters is 1. The van der Waals surface area contributed by atoms with Gasteiger partial charge in [0.1, 0.15) is 12.1 Å². The van der Waals surface area contributed by atoms with Crippen molar-refractivity contribution in [3.63, 3.8) is 0 Å². The van der Waals surface area contributed by atoms with Gasteiger partial charge in [-0.05, 0) is 43.0 Å². The van der Waals surface area contributed by atoms with E-state index >= 15 is 0 Å². The number of urea groups is 1. The number of benzene rings is 1. The van der Waals surface area contributed by atoms with Crippen LogP contribution in [0.2, 0.25) is 0 Å². The molecule has 1 aromatic rings. The summed E-state index contributed by atoms with van der Waals surface area (Å²) >= 11 is 2.93. The lowest BCUT2D eigenvalue weighted by atomic mass is 10.0. The van der Waals surface area contributed by atoms with E-state index in [1.54, 1.807) is 37.9 Å². The third-order valence-corrected chi connectivity index (χ3v) is 6.54. The fourth-order valence-corrected chi connectivity index (χ4v) is 4.47. The molecule has 0 aromatic heterocycles. The third kappa shape index (κ3) is 7.56. The van der Waals surface area contributed by atoms with Crippen LogP contribution >= 0.6 is 23.5 Å². The molecule has 3 atom stereocenters. The molecule has 1 aliphatic rings. The minimum absolute atomic E-state index is 0.185. The fourth-order valence-electron chi connectivity index (χ4n) is 3.60. The highest BCUT2D eigenvalue weighted by molar-refractivity contribution is 7.99. The van der Waals surface area contributed by atoms with Crippen molar-refractivity contribution in [2.75, 3.05) is 37.2 Å². The maximum atomic E-state index is 13.0. The monoisotopic (exact) mass is 496 g/mol. The van der Waals surface area contributed by atoms with Crippen LogP contribution in [0.25, 0.3) is 0 Å². The van der Waals surface area contributed by atoms with Crippen LogP contribution in [0.3, 0.4) is 0 Å². The molecule has 0 bridgehead atoms. The van der Waals surface area contributed by atoms with Crippen LogP contribution in [0.5, 0.6) is 0 Å². The number of anilines is 1. The highest BCUT2D eigenvalue weighted by atomic mass is 32.2. The molecule has 1 fully saturated rings. The summed E-state index contributed by atoms with van der Waals surface area (Å²) in [5.74, 6) is -1.14. The number of hydrogen-bond acceptors (Lipinski definition) is 7. The first-order chi connectivity index (χ1) is 15.7. The van der Waals surface area contributed by atoms with Crippen molar-refractivity contribution >= 4 is 53.0 Å². The first-order valence-electron chi connectivity index (χ1n) is 10.6. The van der Waals surface area contributed by atoms with E-state index in [2.05, 4.69) is 16.0 Å². The Labute approximate surface area is 203 Å². The molecule has 0 unspecified atom stereocenters. The highest BCUT2D eigenvalue weighted by Gasteiger charge is 2.41. The van der Waals surface area contributed by atoms with Gasteiger partial charge in [0.25, 0.3) is 0 Å². The highest BCUT2D eigenvalue weighted by Crippen LogP contribution is 2.22. The summed E-state index contributed by atoms with van der Waals surface area (Å²) < 4.78 is 4.79. The van der Waals surface area contributed by atoms with E-state index in [0.29, 0.717) is 5.69 Å². The van der Waals surface area contributed by atoms with Crippen LogP contribution in [0.1, 0.15) is 20.3 Å². The van der Waals surface area contributed by atoms with Gasteiger partial charge in [-0.1, -0.05) is 19.9 Å². The Morgan fingerprint density at radius 1 is 1.21 bits per heavy atom. The Kier molecular flexibility index (Phi) is 10.4. The number of carbonyl (C=O) groups excluding carboxylic acids is 4. The second-order valence-electron chi connectivity index (χ2n) is 8.01. The number of nitrogens with one attached hydrogen (secondary N) is 3. The predicted octanol–water partition coefficient (Wildman–Crippen LogP) is 2.18. The van der Waals surface area contributed by atoms with Gasteiger partial charge in [-0.2, -0.15) is 11.8 Å². The SMILES string of the molecule is COC(=O)[C@H](NC(=O)[C@H]1C[C@H](NC(=O)Nc2cccc(SC)c2)CN1C(=O)CSC)C(C)C. The molecule has 0 spiro atoms. The molecule has 0 radical (unpaired) electrons. The third-order valence-electron chi connectivity index (χ3n) is 5.27. The van der Waals surface area contributed by atoms with E-state index in [1.807, 2.05) is 24.5 Å². The number of rotatable bonds is 9. The maximum Gasteiger partial charge on any atom is 0.328 e. The van der Waals surface area contributed by atoms with Gasteiger partial charge in [0.2, 0.25) is 11.8 Å². The minimum Gasteiger partial charge on any atom is -0.467 e. The van der Waals surface area contributed by atoms with Gasteiger partial charge in [-0.25, -0.2) is 9.59 Å². The van der Waals surface area contributed by atoms with Gasteiger partial charge in [-0.3, -0.25) is 9.59 Å². The van der Waals surface area contributed by atoms with Crippen LogP contribution in [0.4, 0.5) is 10.5 Å².